The van der Waals surface area contributed by atoms with Gasteiger partial charge >= 0.3 is 0 Å². The van der Waals surface area contributed by atoms with Gasteiger partial charge in [-0.1, -0.05) is 23.7 Å². The standard InChI is InChI=1S/C20H21ClN4O3/c1-24(10-13-9-14(21)7-8-17(13)28-2)12-19-23-16-6-4-3-5-15(16)20(27)25(19)11-18(22)26/h3-9H,10-12H2,1-2H3,(H2,22,26). The summed E-state index contributed by atoms with van der Waals surface area (Å²) in [4.78, 5) is 30.9. The molecular weight excluding hydrogens is 380 g/mol. The lowest BCUT2D eigenvalue weighted by molar-refractivity contribution is -0.118. The van der Waals surface area contributed by atoms with Gasteiger partial charge in [0.05, 0.1) is 24.6 Å². The van der Waals surface area contributed by atoms with Gasteiger partial charge in [0.1, 0.15) is 18.1 Å². The molecule has 0 radical (unpaired) electrons. The van der Waals surface area contributed by atoms with Gasteiger partial charge in [-0.3, -0.25) is 19.1 Å². The van der Waals surface area contributed by atoms with E-state index in [1.807, 2.05) is 30.1 Å². The van der Waals surface area contributed by atoms with Crippen molar-refractivity contribution in [1.29, 1.82) is 0 Å². The number of hydrogen-bond donors (Lipinski definition) is 1. The van der Waals surface area contributed by atoms with Gasteiger partial charge in [-0.25, -0.2) is 4.98 Å². The number of benzene rings is 2. The number of carbonyl (C=O) groups is 1. The lowest BCUT2D eigenvalue weighted by Crippen LogP contribution is -2.33. The van der Waals surface area contributed by atoms with Crippen LogP contribution in [0.2, 0.25) is 5.02 Å². The molecule has 0 aliphatic heterocycles. The van der Waals surface area contributed by atoms with E-state index in [-0.39, 0.29) is 12.1 Å². The van der Waals surface area contributed by atoms with Crippen molar-refractivity contribution in [1.82, 2.24) is 14.5 Å². The summed E-state index contributed by atoms with van der Waals surface area (Å²) in [6.07, 6.45) is 0. The van der Waals surface area contributed by atoms with Crippen molar-refractivity contribution in [3.8, 4) is 5.75 Å². The third-order valence-corrected chi connectivity index (χ3v) is 4.58. The molecule has 8 heteroatoms. The molecule has 0 unspecified atom stereocenters. The minimum Gasteiger partial charge on any atom is -0.496 e. The summed E-state index contributed by atoms with van der Waals surface area (Å²) in [7, 11) is 3.48. The van der Waals surface area contributed by atoms with Crippen LogP contribution in [0.15, 0.2) is 47.3 Å². The molecule has 3 rings (SSSR count). The van der Waals surface area contributed by atoms with Gasteiger partial charge in [-0.15, -0.1) is 0 Å². The smallest absolute Gasteiger partial charge is 0.261 e. The Morgan fingerprint density at radius 3 is 2.71 bits per heavy atom. The molecule has 0 saturated carbocycles. The number of amides is 1. The fourth-order valence-corrected chi connectivity index (χ4v) is 3.31. The van der Waals surface area contributed by atoms with Crippen LogP contribution in [0.5, 0.6) is 5.75 Å². The molecule has 2 aromatic carbocycles. The van der Waals surface area contributed by atoms with Crippen molar-refractivity contribution >= 4 is 28.4 Å². The number of aromatic nitrogens is 2. The van der Waals surface area contributed by atoms with Crippen molar-refractivity contribution in [2.45, 2.75) is 19.6 Å². The average molecular weight is 401 g/mol. The summed E-state index contributed by atoms with van der Waals surface area (Å²) in [6.45, 7) is 0.631. The number of ether oxygens (including phenoxy) is 1. The van der Waals surface area contributed by atoms with E-state index in [2.05, 4.69) is 4.98 Å². The second-order valence-corrected chi connectivity index (χ2v) is 6.97. The van der Waals surface area contributed by atoms with Crippen LogP contribution in [0, 0.1) is 0 Å². The average Bonchev–Trinajstić information content (AvgIpc) is 2.65. The maximum absolute atomic E-state index is 12.8. The van der Waals surface area contributed by atoms with E-state index >= 15 is 0 Å². The van der Waals surface area contributed by atoms with Crippen LogP contribution in [-0.4, -0.2) is 34.5 Å². The second kappa shape index (κ2) is 8.41. The highest BCUT2D eigenvalue weighted by molar-refractivity contribution is 6.30. The summed E-state index contributed by atoms with van der Waals surface area (Å²) in [5.74, 6) is 0.586. The number of primary amides is 1. The van der Waals surface area contributed by atoms with Crippen LogP contribution >= 0.6 is 11.6 Å². The molecule has 146 valence electrons. The molecular formula is C20H21ClN4O3. The van der Waals surface area contributed by atoms with Crippen molar-refractivity contribution in [3.05, 3.63) is 69.2 Å². The molecule has 1 heterocycles. The third kappa shape index (κ3) is 4.32. The van der Waals surface area contributed by atoms with Crippen molar-refractivity contribution in [2.75, 3.05) is 14.2 Å². The van der Waals surface area contributed by atoms with E-state index in [0.29, 0.717) is 34.8 Å². The normalized spacial score (nSPS) is 11.1. The summed E-state index contributed by atoms with van der Waals surface area (Å²) in [5, 5.41) is 1.06. The van der Waals surface area contributed by atoms with E-state index in [0.717, 1.165) is 11.3 Å². The number of nitrogens with two attached hydrogens (primary N) is 1. The monoisotopic (exact) mass is 400 g/mol. The summed E-state index contributed by atoms with van der Waals surface area (Å²) in [6, 6.07) is 12.4. The number of rotatable bonds is 7. The highest BCUT2D eigenvalue weighted by Crippen LogP contribution is 2.24. The minimum absolute atomic E-state index is 0.222. The number of hydrogen-bond acceptors (Lipinski definition) is 5. The van der Waals surface area contributed by atoms with Crippen LogP contribution in [0.4, 0.5) is 0 Å². The molecule has 0 bridgehead atoms. The first-order valence-corrected chi connectivity index (χ1v) is 9.04. The minimum atomic E-state index is -0.598. The van der Waals surface area contributed by atoms with E-state index in [9.17, 15) is 9.59 Å². The molecule has 1 amide bonds. The Bertz CT molecular complexity index is 1080. The lowest BCUT2D eigenvalue weighted by Gasteiger charge is -2.20. The van der Waals surface area contributed by atoms with Gasteiger partial charge in [0.25, 0.3) is 5.56 Å². The van der Waals surface area contributed by atoms with Crippen LogP contribution in [0.25, 0.3) is 10.9 Å². The Balaban J connectivity index is 1.95. The Hall–Kier alpha value is -2.90. The quantitative estimate of drug-likeness (QED) is 0.656. The van der Waals surface area contributed by atoms with Crippen LogP contribution in [0.3, 0.4) is 0 Å². The zero-order valence-electron chi connectivity index (χ0n) is 15.7. The largest absolute Gasteiger partial charge is 0.496 e. The Kier molecular flexibility index (Phi) is 5.96. The zero-order valence-corrected chi connectivity index (χ0v) is 16.4. The first kappa shape index (κ1) is 19.9. The van der Waals surface area contributed by atoms with Crippen molar-refractivity contribution in [3.63, 3.8) is 0 Å². The van der Waals surface area contributed by atoms with Crippen molar-refractivity contribution in [2.24, 2.45) is 5.73 Å². The fraction of sp³-hybridized carbons (Fsp3) is 0.250. The van der Waals surface area contributed by atoms with Gasteiger partial charge in [0.2, 0.25) is 5.91 Å². The van der Waals surface area contributed by atoms with Crippen LogP contribution < -0.4 is 16.0 Å². The van der Waals surface area contributed by atoms with Gasteiger partial charge in [0.15, 0.2) is 0 Å². The summed E-state index contributed by atoms with van der Waals surface area (Å²) >= 11 is 6.10. The molecule has 28 heavy (non-hydrogen) atoms. The van der Waals surface area contributed by atoms with E-state index < -0.39 is 5.91 Å². The summed E-state index contributed by atoms with van der Waals surface area (Å²) in [5.41, 5.74) is 6.55. The van der Waals surface area contributed by atoms with E-state index in [4.69, 9.17) is 22.1 Å². The molecule has 7 nitrogen and oxygen atoms in total. The fourth-order valence-electron chi connectivity index (χ4n) is 3.11. The number of carbonyl (C=O) groups excluding carboxylic acids is 1. The van der Waals surface area contributed by atoms with Gasteiger partial charge in [-0.05, 0) is 37.4 Å². The maximum Gasteiger partial charge on any atom is 0.261 e. The topological polar surface area (TPSA) is 90.4 Å². The molecule has 0 fully saturated rings. The van der Waals surface area contributed by atoms with E-state index in [1.165, 1.54) is 4.57 Å². The first-order valence-electron chi connectivity index (χ1n) is 8.66. The van der Waals surface area contributed by atoms with Gasteiger partial charge in [0, 0.05) is 17.1 Å². The Morgan fingerprint density at radius 2 is 2.00 bits per heavy atom. The lowest BCUT2D eigenvalue weighted by atomic mass is 10.2. The number of halogens is 1. The maximum atomic E-state index is 12.8. The number of nitrogens with zero attached hydrogens (tertiary/aromatic N) is 3. The second-order valence-electron chi connectivity index (χ2n) is 6.53. The Labute approximate surface area is 167 Å². The molecule has 2 N–H and O–H groups in total. The molecule has 0 aliphatic rings. The highest BCUT2D eigenvalue weighted by Gasteiger charge is 2.15. The molecule has 1 aromatic heterocycles. The van der Waals surface area contributed by atoms with Gasteiger partial charge in [-0.2, -0.15) is 0 Å². The number of methoxy groups -OCH3 is 1. The molecule has 3 aromatic rings. The van der Waals surface area contributed by atoms with Crippen LogP contribution in [0.1, 0.15) is 11.4 Å². The first-order chi connectivity index (χ1) is 13.4. The highest BCUT2D eigenvalue weighted by atomic mass is 35.5. The summed E-state index contributed by atoms with van der Waals surface area (Å²) < 4.78 is 6.72. The number of para-hydroxylation sites is 1. The molecule has 0 atom stereocenters. The molecule has 0 spiro atoms. The third-order valence-electron chi connectivity index (χ3n) is 4.35. The molecule has 0 saturated heterocycles. The number of fused-ring (bicyclic) bond motifs is 1. The predicted octanol–water partition coefficient (Wildman–Crippen LogP) is 2.18. The van der Waals surface area contributed by atoms with Crippen LogP contribution in [-0.2, 0) is 24.4 Å². The molecule has 0 aliphatic carbocycles. The van der Waals surface area contributed by atoms with Crippen molar-refractivity contribution < 1.29 is 9.53 Å². The zero-order chi connectivity index (χ0) is 20.3. The Morgan fingerprint density at radius 1 is 1.25 bits per heavy atom. The predicted molar refractivity (Wildman–Crippen MR) is 108 cm³/mol. The SMILES string of the molecule is COc1ccc(Cl)cc1CN(C)Cc1nc2ccccc2c(=O)n1CC(N)=O. The van der Waals surface area contributed by atoms with E-state index in [1.54, 1.807) is 31.4 Å². The van der Waals surface area contributed by atoms with Gasteiger partial charge < -0.3 is 10.5 Å².